The van der Waals surface area contributed by atoms with E-state index in [1.165, 1.54) is 7.11 Å². The molecule has 0 aromatic heterocycles. The third-order valence-electron chi connectivity index (χ3n) is 6.88. The quantitative estimate of drug-likeness (QED) is 0.418. The number of rotatable bonds is 6. The first-order valence-electron chi connectivity index (χ1n) is 12.4. The molecule has 0 saturated carbocycles. The molecule has 37 heavy (non-hydrogen) atoms. The SMILES string of the molecule is COc1cc(C2C3=C(CCCC3=O)OC3=C2C(=O)CCC3)cc(I)c1OCC(=O)Nc1cccc(C)c1. The highest BCUT2D eigenvalue weighted by Crippen LogP contribution is 2.49. The normalized spacial score (nSPS) is 17.7. The zero-order valence-electron chi connectivity index (χ0n) is 20.8. The molecule has 7 nitrogen and oxygen atoms in total. The number of benzene rings is 2. The molecule has 2 aliphatic carbocycles. The fourth-order valence-electron chi connectivity index (χ4n) is 5.26. The van der Waals surface area contributed by atoms with Gasteiger partial charge in [0.15, 0.2) is 29.7 Å². The number of carbonyl (C=O) groups excluding carboxylic acids is 3. The summed E-state index contributed by atoms with van der Waals surface area (Å²) >= 11 is 2.14. The van der Waals surface area contributed by atoms with Gasteiger partial charge in [-0.05, 0) is 77.7 Å². The molecule has 0 radical (unpaired) electrons. The summed E-state index contributed by atoms with van der Waals surface area (Å²) < 4.78 is 18.4. The van der Waals surface area contributed by atoms with Crippen LogP contribution in [0.25, 0.3) is 0 Å². The molecule has 0 saturated heterocycles. The van der Waals surface area contributed by atoms with Crippen molar-refractivity contribution in [2.24, 2.45) is 0 Å². The van der Waals surface area contributed by atoms with Crippen LogP contribution < -0.4 is 14.8 Å². The van der Waals surface area contributed by atoms with Gasteiger partial charge in [-0.15, -0.1) is 0 Å². The average molecular weight is 613 g/mol. The fraction of sp³-hybridized carbons (Fsp3) is 0.345. The number of methoxy groups -OCH3 is 1. The van der Waals surface area contributed by atoms with Crippen molar-refractivity contribution >= 4 is 45.8 Å². The lowest BCUT2D eigenvalue weighted by Crippen LogP contribution is -2.30. The summed E-state index contributed by atoms with van der Waals surface area (Å²) in [7, 11) is 1.53. The van der Waals surface area contributed by atoms with E-state index in [1.54, 1.807) is 0 Å². The smallest absolute Gasteiger partial charge is 0.262 e. The topological polar surface area (TPSA) is 90.9 Å². The highest BCUT2D eigenvalue weighted by Gasteiger charge is 2.42. The Bertz CT molecular complexity index is 1320. The van der Waals surface area contributed by atoms with Crippen molar-refractivity contribution in [3.63, 3.8) is 0 Å². The van der Waals surface area contributed by atoms with Crippen molar-refractivity contribution in [3.05, 3.63) is 73.8 Å². The van der Waals surface area contributed by atoms with Crippen LogP contribution in [0.5, 0.6) is 11.5 Å². The van der Waals surface area contributed by atoms with Gasteiger partial charge in [0.05, 0.1) is 10.7 Å². The number of aryl methyl sites for hydroxylation is 1. The van der Waals surface area contributed by atoms with E-state index in [4.69, 9.17) is 14.2 Å². The number of ketones is 2. The van der Waals surface area contributed by atoms with Crippen molar-refractivity contribution in [2.75, 3.05) is 19.0 Å². The maximum Gasteiger partial charge on any atom is 0.262 e. The average Bonchev–Trinajstić information content (AvgIpc) is 2.86. The Kier molecular flexibility index (Phi) is 7.37. The molecule has 0 fully saturated rings. The van der Waals surface area contributed by atoms with Crippen LogP contribution >= 0.6 is 22.6 Å². The lowest BCUT2D eigenvalue weighted by Gasteiger charge is -2.36. The monoisotopic (exact) mass is 613 g/mol. The fourth-order valence-corrected chi connectivity index (χ4v) is 6.04. The van der Waals surface area contributed by atoms with Crippen molar-refractivity contribution in [3.8, 4) is 11.5 Å². The summed E-state index contributed by atoms with van der Waals surface area (Å²) in [4.78, 5) is 38.7. The van der Waals surface area contributed by atoms with E-state index in [2.05, 4.69) is 27.9 Å². The second-order valence-corrected chi connectivity index (χ2v) is 10.7. The van der Waals surface area contributed by atoms with Gasteiger partial charge in [0.2, 0.25) is 0 Å². The van der Waals surface area contributed by atoms with Gasteiger partial charge in [0, 0.05) is 48.4 Å². The zero-order chi connectivity index (χ0) is 26.1. The Morgan fingerprint density at radius 2 is 1.70 bits per heavy atom. The van der Waals surface area contributed by atoms with Crippen molar-refractivity contribution in [1.29, 1.82) is 0 Å². The predicted octanol–water partition coefficient (Wildman–Crippen LogP) is 5.75. The zero-order valence-corrected chi connectivity index (χ0v) is 23.0. The van der Waals surface area contributed by atoms with Gasteiger partial charge >= 0.3 is 0 Å². The van der Waals surface area contributed by atoms with Crippen LogP contribution in [0.4, 0.5) is 5.69 Å². The number of hydrogen-bond donors (Lipinski definition) is 1. The molecule has 1 heterocycles. The van der Waals surface area contributed by atoms with Gasteiger partial charge in [-0.3, -0.25) is 14.4 Å². The molecular weight excluding hydrogens is 585 g/mol. The highest BCUT2D eigenvalue weighted by atomic mass is 127. The molecule has 1 N–H and O–H groups in total. The van der Waals surface area contributed by atoms with Crippen LogP contribution in [0.1, 0.15) is 55.6 Å². The van der Waals surface area contributed by atoms with E-state index >= 15 is 0 Å². The summed E-state index contributed by atoms with van der Waals surface area (Å²) in [6, 6.07) is 11.3. The number of halogens is 1. The predicted molar refractivity (Wildman–Crippen MR) is 147 cm³/mol. The molecule has 0 atom stereocenters. The number of nitrogens with one attached hydrogen (secondary N) is 1. The van der Waals surface area contributed by atoms with Crippen LogP contribution in [0.2, 0.25) is 0 Å². The molecule has 192 valence electrons. The van der Waals surface area contributed by atoms with E-state index in [0.717, 1.165) is 27.5 Å². The van der Waals surface area contributed by atoms with Crippen molar-refractivity contribution in [2.45, 2.75) is 51.4 Å². The van der Waals surface area contributed by atoms with Gasteiger partial charge in [-0.2, -0.15) is 0 Å². The summed E-state index contributed by atoms with van der Waals surface area (Å²) in [6.07, 6.45) is 3.77. The minimum absolute atomic E-state index is 0.0262. The Balaban J connectivity index is 1.45. The van der Waals surface area contributed by atoms with E-state index in [-0.39, 0.29) is 24.1 Å². The lowest BCUT2D eigenvalue weighted by molar-refractivity contribution is -0.119. The molecule has 3 aliphatic rings. The van der Waals surface area contributed by atoms with E-state index in [0.29, 0.717) is 65.5 Å². The number of hydrogen-bond acceptors (Lipinski definition) is 6. The van der Waals surface area contributed by atoms with E-state index in [1.807, 2.05) is 43.3 Å². The Morgan fingerprint density at radius 1 is 1.03 bits per heavy atom. The molecule has 0 unspecified atom stereocenters. The van der Waals surface area contributed by atoms with Crippen LogP contribution in [-0.2, 0) is 19.1 Å². The maximum atomic E-state index is 13.1. The largest absolute Gasteiger partial charge is 0.493 e. The third-order valence-corrected chi connectivity index (χ3v) is 7.68. The summed E-state index contributed by atoms with van der Waals surface area (Å²) in [5.74, 6) is 1.53. The molecule has 2 aromatic rings. The third kappa shape index (κ3) is 5.16. The molecule has 0 bridgehead atoms. The lowest BCUT2D eigenvalue weighted by atomic mass is 9.73. The standard InChI is InChI=1S/C29H28INO6/c1-16-6-3-7-18(12-16)31-25(34)15-36-29-19(30)13-17(14-24(29)35-2)26-27-20(32)8-4-10-22(27)37-23-11-5-9-21(33)28(23)26/h3,6-7,12-14,26H,4-5,8-11,15H2,1-2H3,(H,31,34). The first-order valence-corrected chi connectivity index (χ1v) is 13.5. The molecule has 5 rings (SSSR count). The summed E-state index contributed by atoms with van der Waals surface area (Å²) in [5, 5.41) is 2.84. The van der Waals surface area contributed by atoms with Crippen LogP contribution in [-0.4, -0.2) is 31.2 Å². The minimum atomic E-state index is -0.486. The summed E-state index contributed by atoms with van der Waals surface area (Å²) in [6.45, 7) is 1.76. The number of allylic oxidation sites excluding steroid dienone is 4. The summed E-state index contributed by atoms with van der Waals surface area (Å²) in [5.41, 5.74) is 3.70. The number of anilines is 1. The van der Waals surface area contributed by atoms with E-state index in [9.17, 15) is 14.4 Å². The number of carbonyl (C=O) groups is 3. The minimum Gasteiger partial charge on any atom is -0.493 e. The second kappa shape index (κ2) is 10.7. The number of amides is 1. The maximum absolute atomic E-state index is 13.1. The van der Waals surface area contributed by atoms with Crippen molar-refractivity contribution in [1.82, 2.24) is 0 Å². The number of ether oxygens (including phenoxy) is 3. The molecule has 1 aliphatic heterocycles. The second-order valence-electron chi connectivity index (χ2n) is 9.50. The molecule has 2 aromatic carbocycles. The van der Waals surface area contributed by atoms with Crippen molar-refractivity contribution < 1.29 is 28.6 Å². The molecule has 1 amide bonds. The Morgan fingerprint density at radius 3 is 2.32 bits per heavy atom. The first-order chi connectivity index (χ1) is 17.9. The Labute approximate surface area is 229 Å². The van der Waals surface area contributed by atoms with Gasteiger partial charge < -0.3 is 19.5 Å². The van der Waals surface area contributed by atoms with Gasteiger partial charge in [0.1, 0.15) is 11.5 Å². The van der Waals surface area contributed by atoms with Gasteiger partial charge in [-0.25, -0.2) is 0 Å². The van der Waals surface area contributed by atoms with Crippen LogP contribution in [0.15, 0.2) is 59.1 Å². The van der Waals surface area contributed by atoms with Crippen LogP contribution in [0, 0.1) is 10.5 Å². The number of Topliss-reactive ketones (excluding diaryl/α,β-unsaturated/α-hetero) is 2. The first kappa shape index (κ1) is 25.5. The molecule has 8 heteroatoms. The highest BCUT2D eigenvalue weighted by molar-refractivity contribution is 14.1. The van der Waals surface area contributed by atoms with Crippen LogP contribution in [0.3, 0.4) is 0 Å². The molecular formula is C29H28INO6. The van der Waals surface area contributed by atoms with E-state index < -0.39 is 5.92 Å². The molecule has 0 spiro atoms. The van der Waals surface area contributed by atoms with Gasteiger partial charge in [0.25, 0.3) is 5.91 Å². The Hall–Kier alpha value is -3.14. The van der Waals surface area contributed by atoms with Gasteiger partial charge in [-0.1, -0.05) is 12.1 Å².